The van der Waals surface area contributed by atoms with Crippen molar-refractivity contribution in [3.8, 4) is 0 Å². The molecule has 0 saturated carbocycles. The molecule has 0 aliphatic carbocycles. The Bertz CT molecular complexity index is 530. The number of hydrogen-bond donors (Lipinski definition) is 2. The highest BCUT2D eigenvalue weighted by atomic mass is 32.2. The van der Waals surface area contributed by atoms with E-state index in [1.165, 1.54) is 19.1 Å². The zero-order valence-corrected chi connectivity index (χ0v) is 12.4. The van der Waals surface area contributed by atoms with E-state index >= 15 is 0 Å². The largest absolute Gasteiger partial charge is 0.313 e. The summed E-state index contributed by atoms with van der Waals surface area (Å²) in [6, 6.07) is 2.90. The predicted octanol–water partition coefficient (Wildman–Crippen LogP) is 1.93. The van der Waals surface area contributed by atoms with E-state index in [-0.39, 0.29) is 17.0 Å². The van der Waals surface area contributed by atoms with Crippen molar-refractivity contribution in [2.24, 2.45) is 0 Å². The van der Waals surface area contributed by atoms with Crippen LogP contribution in [0.4, 0.5) is 4.39 Å². The maximum Gasteiger partial charge on any atom is 0.240 e. The molecule has 0 spiro atoms. The first-order valence-corrected chi connectivity index (χ1v) is 7.90. The minimum atomic E-state index is -3.63. The molecule has 4 nitrogen and oxygen atoms in total. The lowest BCUT2D eigenvalue weighted by Gasteiger charge is -2.12. The van der Waals surface area contributed by atoms with Gasteiger partial charge in [-0.25, -0.2) is 17.5 Å². The molecule has 0 aliphatic rings. The Hall–Kier alpha value is -0.980. The van der Waals surface area contributed by atoms with Crippen molar-refractivity contribution in [1.82, 2.24) is 10.0 Å². The van der Waals surface area contributed by atoms with Gasteiger partial charge in [0.15, 0.2) is 0 Å². The first-order chi connectivity index (χ1) is 8.92. The zero-order chi connectivity index (χ0) is 14.5. The summed E-state index contributed by atoms with van der Waals surface area (Å²) in [4.78, 5) is 0.0163. The molecule has 0 bridgehead atoms. The first-order valence-electron chi connectivity index (χ1n) is 6.41. The van der Waals surface area contributed by atoms with E-state index in [0.29, 0.717) is 12.1 Å². The summed E-state index contributed by atoms with van der Waals surface area (Å²) in [5.41, 5.74) is 0.785. The molecular formula is C13H21FN2O2S. The van der Waals surface area contributed by atoms with Gasteiger partial charge < -0.3 is 5.32 Å². The number of halogens is 1. The fourth-order valence-electron chi connectivity index (χ4n) is 1.77. The second-order valence-corrected chi connectivity index (χ2v) is 6.11. The third-order valence-electron chi connectivity index (χ3n) is 2.74. The third-order valence-corrected chi connectivity index (χ3v) is 4.41. The molecule has 108 valence electrons. The summed E-state index contributed by atoms with van der Waals surface area (Å²) in [6.07, 6.45) is 0.969. The van der Waals surface area contributed by atoms with Crippen molar-refractivity contribution in [2.75, 3.05) is 13.1 Å². The van der Waals surface area contributed by atoms with E-state index in [2.05, 4.69) is 10.0 Å². The molecule has 1 rings (SSSR count). The van der Waals surface area contributed by atoms with Crippen molar-refractivity contribution in [3.05, 3.63) is 29.1 Å². The SMILES string of the molecule is CCCNCc1cc(F)c(C)c(S(=O)(=O)NCC)c1. The number of benzene rings is 1. The number of sulfonamides is 1. The van der Waals surface area contributed by atoms with Crippen molar-refractivity contribution >= 4 is 10.0 Å². The van der Waals surface area contributed by atoms with E-state index in [0.717, 1.165) is 13.0 Å². The summed E-state index contributed by atoms with van der Waals surface area (Å²) < 4.78 is 40.2. The van der Waals surface area contributed by atoms with Gasteiger partial charge in [-0.2, -0.15) is 0 Å². The fraction of sp³-hybridized carbons (Fsp3) is 0.538. The van der Waals surface area contributed by atoms with Gasteiger partial charge in [0.05, 0.1) is 4.90 Å². The van der Waals surface area contributed by atoms with E-state index in [9.17, 15) is 12.8 Å². The summed E-state index contributed by atoms with van der Waals surface area (Å²) in [5, 5.41) is 3.13. The van der Waals surface area contributed by atoms with Crippen LogP contribution in [0.5, 0.6) is 0 Å². The average molecular weight is 288 g/mol. The number of nitrogens with one attached hydrogen (secondary N) is 2. The highest BCUT2D eigenvalue weighted by Crippen LogP contribution is 2.20. The summed E-state index contributed by atoms with van der Waals surface area (Å²) >= 11 is 0. The van der Waals surface area contributed by atoms with Crippen LogP contribution in [0.3, 0.4) is 0 Å². The van der Waals surface area contributed by atoms with Gasteiger partial charge in [-0.1, -0.05) is 13.8 Å². The Morgan fingerprint density at radius 1 is 1.26 bits per heavy atom. The molecule has 1 aromatic rings. The highest BCUT2D eigenvalue weighted by molar-refractivity contribution is 7.89. The molecule has 1 aromatic carbocycles. The molecule has 0 heterocycles. The van der Waals surface area contributed by atoms with Crippen LogP contribution in [0, 0.1) is 12.7 Å². The van der Waals surface area contributed by atoms with Gasteiger partial charge in [-0.3, -0.25) is 0 Å². The fourth-order valence-corrected chi connectivity index (χ4v) is 3.11. The molecule has 0 atom stereocenters. The lowest BCUT2D eigenvalue weighted by molar-refractivity contribution is 0.574. The van der Waals surface area contributed by atoms with E-state index in [1.54, 1.807) is 6.92 Å². The monoisotopic (exact) mass is 288 g/mol. The third kappa shape index (κ3) is 4.26. The van der Waals surface area contributed by atoms with Crippen LogP contribution in [-0.2, 0) is 16.6 Å². The van der Waals surface area contributed by atoms with Crippen molar-refractivity contribution < 1.29 is 12.8 Å². The molecule has 0 unspecified atom stereocenters. The van der Waals surface area contributed by atoms with Gasteiger partial charge >= 0.3 is 0 Å². The van der Waals surface area contributed by atoms with Crippen LogP contribution >= 0.6 is 0 Å². The Balaban J connectivity index is 3.10. The zero-order valence-electron chi connectivity index (χ0n) is 11.6. The second kappa shape index (κ2) is 6.98. The average Bonchev–Trinajstić information content (AvgIpc) is 2.33. The quantitative estimate of drug-likeness (QED) is 0.754. The number of rotatable bonds is 7. The van der Waals surface area contributed by atoms with Crippen LogP contribution in [0.25, 0.3) is 0 Å². The van der Waals surface area contributed by atoms with Crippen LogP contribution in [0.1, 0.15) is 31.4 Å². The van der Waals surface area contributed by atoms with Gasteiger partial charge in [0.25, 0.3) is 0 Å². The van der Waals surface area contributed by atoms with Gasteiger partial charge in [-0.05, 0) is 37.6 Å². The second-order valence-electron chi connectivity index (χ2n) is 4.38. The number of hydrogen-bond acceptors (Lipinski definition) is 3. The van der Waals surface area contributed by atoms with Crippen molar-refractivity contribution in [1.29, 1.82) is 0 Å². The van der Waals surface area contributed by atoms with E-state index in [1.807, 2.05) is 6.92 Å². The smallest absolute Gasteiger partial charge is 0.240 e. The molecule has 0 fully saturated rings. The Morgan fingerprint density at radius 3 is 2.53 bits per heavy atom. The molecule has 0 aromatic heterocycles. The molecule has 0 radical (unpaired) electrons. The molecule has 6 heteroatoms. The van der Waals surface area contributed by atoms with Crippen molar-refractivity contribution in [3.63, 3.8) is 0 Å². The Kier molecular flexibility index (Phi) is 5.90. The minimum Gasteiger partial charge on any atom is -0.313 e. The topological polar surface area (TPSA) is 58.2 Å². The minimum absolute atomic E-state index is 0.0163. The predicted molar refractivity (Wildman–Crippen MR) is 74.0 cm³/mol. The van der Waals surface area contributed by atoms with Crippen LogP contribution < -0.4 is 10.0 Å². The first kappa shape index (κ1) is 16.1. The molecule has 0 amide bonds. The Labute approximate surface area is 114 Å². The maximum absolute atomic E-state index is 13.8. The van der Waals surface area contributed by atoms with Gasteiger partial charge in [-0.15, -0.1) is 0 Å². The lowest BCUT2D eigenvalue weighted by Crippen LogP contribution is -2.25. The Morgan fingerprint density at radius 2 is 1.95 bits per heavy atom. The highest BCUT2D eigenvalue weighted by Gasteiger charge is 2.19. The molecular weight excluding hydrogens is 267 g/mol. The summed E-state index contributed by atoms with van der Waals surface area (Å²) in [6.45, 7) is 6.74. The van der Waals surface area contributed by atoms with Crippen LogP contribution in [-0.4, -0.2) is 21.5 Å². The van der Waals surface area contributed by atoms with Gasteiger partial charge in [0, 0.05) is 18.7 Å². The molecule has 2 N–H and O–H groups in total. The summed E-state index contributed by atoms with van der Waals surface area (Å²) in [7, 11) is -3.63. The van der Waals surface area contributed by atoms with Crippen LogP contribution in [0.15, 0.2) is 17.0 Å². The summed E-state index contributed by atoms with van der Waals surface area (Å²) in [5.74, 6) is -0.493. The van der Waals surface area contributed by atoms with Gasteiger partial charge in [0.1, 0.15) is 5.82 Å². The molecule has 0 saturated heterocycles. The standard InChI is InChI=1S/C13H21FN2O2S/c1-4-6-15-9-11-7-12(14)10(3)13(8-11)19(17,18)16-5-2/h7-8,15-16H,4-6,9H2,1-3H3. The lowest BCUT2D eigenvalue weighted by atomic mass is 10.1. The van der Waals surface area contributed by atoms with Crippen molar-refractivity contribution in [2.45, 2.75) is 38.6 Å². The van der Waals surface area contributed by atoms with Crippen LogP contribution in [0.2, 0.25) is 0 Å². The molecule has 19 heavy (non-hydrogen) atoms. The van der Waals surface area contributed by atoms with E-state index < -0.39 is 15.8 Å². The molecule has 0 aliphatic heterocycles. The normalized spacial score (nSPS) is 11.8. The maximum atomic E-state index is 13.8. The van der Waals surface area contributed by atoms with E-state index in [4.69, 9.17) is 0 Å². The van der Waals surface area contributed by atoms with Gasteiger partial charge in [0.2, 0.25) is 10.0 Å².